The number of carbonyl (C=O) groups is 3. The first-order chi connectivity index (χ1) is 22.0. The number of benzene rings is 2. The highest BCUT2D eigenvalue weighted by Crippen LogP contribution is 2.39. The molecule has 2 aromatic carbocycles. The van der Waals surface area contributed by atoms with Crippen LogP contribution in [-0.2, 0) is 30.8 Å². The second-order valence-corrected chi connectivity index (χ2v) is 14.5. The summed E-state index contributed by atoms with van der Waals surface area (Å²) < 4.78 is 55.6. The number of halogens is 2. The number of amides is 1. The summed E-state index contributed by atoms with van der Waals surface area (Å²) in [5, 5.41) is 12.6. The molecule has 3 heterocycles. The molecule has 3 fully saturated rings. The van der Waals surface area contributed by atoms with Crippen molar-refractivity contribution < 1.29 is 41.5 Å². The van der Waals surface area contributed by atoms with E-state index in [-0.39, 0.29) is 34.1 Å². The number of ketones is 1. The van der Waals surface area contributed by atoms with Gasteiger partial charge in [0, 0.05) is 31.4 Å². The van der Waals surface area contributed by atoms with Gasteiger partial charge in [-0.3, -0.25) is 19.3 Å². The zero-order chi connectivity index (χ0) is 32.6. The van der Waals surface area contributed by atoms with Crippen molar-refractivity contribution in [3.8, 4) is 0 Å². The standard InChI is InChI=1S/C32H35ClFN3O8S/c33-25-16-21(26(34)18-27(25)35-30(39)24-19-44-28-7-2-1-6-23(24)28)17-29(38)32(36-12-3-4-13-36,37-14-5-15-46(37,42)43)45-22-10-8-20(9-11-22)31(40)41/h1-2,6-7,16,18-20,22H,3-5,8-15,17H2,(H,35,39)(H,40,41)/t20-,22-,32?. The van der Waals surface area contributed by atoms with Crippen molar-refractivity contribution in [2.24, 2.45) is 5.92 Å². The number of anilines is 1. The van der Waals surface area contributed by atoms with Crippen molar-refractivity contribution in [1.29, 1.82) is 0 Å². The number of hydrogen-bond acceptors (Lipinski definition) is 8. The number of ether oxygens (including phenoxy) is 1. The predicted molar refractivity (Wildman–Crippen MR) is 167 cm³/mol. The number of aliphatic carboxylic acids is 1. The topological polar surface area (TPSA) is 146 Å². The van der Waals surface area contributed by atoms with E-state index in [0.717, 1.165) is 23.2 Å². The summed E-state index contributed by atoms with van der Waals surface area (Å²) in [6, 6.07) is 9.24. The third-order valence-corrected chi connectivity index (χ3v) is 11.4. The Balaban J connectivity index is 1.29. The van der Waals surface area contributed by atoms with E-state index in [0.29, 0.717) is 56.2 Å². The number of carbonyl (C=O) groups excluding carboxylic acids is 2. The first kappa shape index (κ1) is 32.6. The van der Waals surface area contributed by atoms with E-state index in [4.69, 9.17) is 20.8 Å². The van der Waals surface area contributed by atoms with Crippen LogP contribution >= 0.6 is 11.6 Å². The number of likely N-dealkylation sites (tertiary alicyclic amines) is 1. The SMILES string of the molecule is O=C(Nc1cc(F)c(CC(=O)C(O[C@H]2CC[C@H](C(=O)O)CC2)(N2CCCC2)N2CCCS2(=O)=O)cc1Cl)c1coc2ccccc12. The molecule has 246 valence electrons. The van der Waals surface area contributed by atoms with Crippen LogP contribution < -0.4 is 5.32 Å². The second-order valence-electron chi connectivity index (χ2n) is 12.1. The molecule has 46 heavy (non-hydrogen) atoms. The lowest BCUT2D eigenvalue weighted by molar-refractivity contribution is -0.234. The summed E-state index contributed by atoms with van der Waals surface area (Å²) in [6.07, 6.45) is 3.31. The number of para-hydroxylation sites is 1. The highest BCUT2D eigenvalue weighted by molar-refractivity contribution is 7.89. The number of rotatable bonds is 10. The minimum atomic E-state index is -3.89. The number of nitrogens with zero attached hydrogens (tertiary/aromatic N) is 2. The molecule has 2 saturated heterocycles. The molecule has 11 nitrogen and oxygen atoms in total. The Morgan fingerprint density at radius 3 is 2.46 bits per heavy atom. The Morgan fingerprint density at radius 1 is 1.07 bits per heavy atom. The lowest BCUT2D eigenvalue weighted by atomic mass is 9.87. The molecular weight excluding hydrogens is 641 g/mol. The van der Waals surface area contributed by atoms with Crippen molar-refractivity contribution in [1.82, 2.24) is 9.21 Å². The fourth-order valence-electron chi connectivity index (χ4n) is 6.78. The highest BCUT2D eigenvalue weighted by Gasteiger charge is 2.57. The van der Waals surface area contributed by atoms with Gasteiger partial charge in [-0.25, -0.2) is 12.8 Å². The normalized spacial score (nSPS) is 23.3. The fraction of sp³-hybridized carbons (Fsp3) is 0.469. The highest BCUT2D eigenvalue weighted by atomic mass is 35.5. The Morgan fingerprint density at radius 2 is 1.78 bits per heavy atom. The third kappa shape index (κ3) is 6.18. The molecule has 1 aliphatic carbocycles. The molecular formula is C32H35ClFN3O8S. The molecule has 1 unspecified atom stereocenters. The molecule has 1 atom stereocenters. The van der Waals surface area contributed by atoms with E-state index in [2.05, 4.69) is 5.32 Å². The average molecular weight is 676 g/mol. The number of carboxylic acids is 1. The molecule has 2 N–H and O–H groups in total. The maximum Gasteiger partial charge on any atom is 0.306 e. The van der Waals surface area contributed by atoms with Crippen molar-refractivity contribution >= 4 is 55.9 Å². The number of hydrogen-bond donors (Lipinski definition) is 2. The van der Waals surface area contributed by atoms with Gasteiger partial charge in [-0.2, -0.15) is 4.31 Å². The molecule has 3 aliphatic rings. The Labute approximate surface area is 270 Å². The van der Waals surface area contributed by atoms with Crippen molar-refractivity contribution in [2.75, 3.05) is 30.7 Å². The number of carboxylic acid groups (broad SMARTS) is 1. The summed E-state index contributed by atoms with van der Waals surface area (Å²) in [7, 11) is -3.89. The Hall–Kier alpha value is -3.36. The van der Waals surface area contributed by atoms with Crippen LogP contribution in [0.25, 0.3) is 11.0 Å². The van der Waals surface area contributed by atoms with E-state index in [1.54, 1.807) is 29.2 Å². The van der Waals surface area contributed by atoms with Crippen molar-refractivity contribution in [2.45, 2.75) is 63.3 Å². The van der Waals surface area contributed by atoms with Gasteiger partial charge < -0.3 is 19.6 Å². The van der Waals surface area contributed by atoms with Gasteiger partial charge in [0.15, 0.2) is 0 Å². The number of nitrogens with one attached hydrogen (secondary N) is 1. The lowest BCUT2D eigenvalue weighted by Gasteiger charge is -2.47. The number of fused-ring (bicyclic) bond motifs is 1. The van der Waals surface area contributed by atoms with Gasteiger partial charge in [-0.05, 0) is 68.7 Å². The fourth-order valence-corrected chi connectivity index (χ4v) is 8.78. The van der Waals surface area contributed by atoms with Crippen molar-refractivity contribution in [3.05, 3.63) is 64.6 Å². The Bertz CT molecular complexity index is 1770. The number of Topliss-reactive ketones (excluding diaryl/α,β-unsaturated/α-hetero) is 1. The van der Waals surface area contributed by atoms with Crippen LogP contribution in [0.2, 0.25) is 5.02 Å². The van der Waals surface area contributed by atoms with Gasteiger partial charge in [0.25, 0.3) is 11.8 Å². The molecule has 0 bridgehead atoms. The summed E-state index contributed by atoms with van der Waals surface area (Å²) in [5.41, 5.74) is 0.658. The van der Waals surface area contributed by atoms with Crippen LogP contribution in [0.15, 0.2) is 47.1 Å². The van der Waals surface area contributed by atoms with Crippen LogP contribution in [0.3, 0.4) is 0 Å². The lowest BCUT2D eigenvalue weighted by Crippen LogP contribution is -2.68. The van der Waals surface area contributed by atoms with Gasteiger partial charge in [0.1, 0.15) is 17.7 Å². The van der Waals surface area contributed by atoms with Crippen molar-refractivity contribution in [3.63, 3.8) is 0 Å². The first-order valence-corrected chi connectivity index (χ1v) is 17.4. The second kappa shape index (κ2) is 13.0. The molecule has 1 amide bonds. The minimum absolute atomic E-state index is 0.00925. The number of furan rings is 1. The average Bonchev–Trinajstić information content (AvgIpc) is 3.79. The zero-order valence-electron chi connectivity index (χ0n) is 25.0. The molecule has 3 aromatic rings. The monoisotopic (exact) mass is 675 g/mol. The first-order valence-electron chi connectivity index (χ1n) is 15.4. The minimum Gasteiger partial charge on any atom is -0.481 e. The van der Waals surface area contributed by atoms with Crippen LogP contribution in [0.5, 0.6) is 0 Å². The van der Waals surface area contributed by atoms with Gasteiger partial charge in [-0.1, -0.05) is 29.8 Å². The van der Waals surface area contributed by atoms with E-state index in [1.165, 1.54) is 12.3 Å². The summed E-state index contributed by atoms with van der Waals surface area (Å²) in [5.74, 6) is -5.62. The predicted octanol–water partition coefficient (Wildman–Crippen LogP) is 5.03. The molecule has 0 radical (unpaired) electrons. The van der Waals surface area contributed by atoms with Crippen LogP contribution in [0, 0.1) is 11.7 Å². The molecule has 14 heteroatoms. The maximum atomic E-state index is 15.7. The molecule has 1 saturated carbocycles. The quantitative estimate of drug-likeness (QED) is 0.302. The van der Waals surface area contributed by atoms with E-state index in [1.807, 2.05) is 0 Å². The van der Waals surface area contributed by atoms with Crippen LogP contribution in [0.4, 0.5) is 10.1 Å². The summed E-state index contributed by atoms with van der Waals surface area (Å²) >= 11 is 6.51. The smallest absolute Gasteiger partial charge is 0.306 e. The van der Waals surface area contributed by atoms with Gasteiger partial charge in [0.05, 0.1) is 34.0 Å². The van der Waals surface area contributed by atoms with Gasteiger partial charge in [-0.15, -0.1) is 0 Å². The summed E-state index contributed by atoms with van der Waals surface area (Å²) in [6.45, 7) is 0.865. The molecule has 0 spiro atoms. The Kier molecular flexibility index (Phi) is 9.23. The number of sulfonamides is 1. The van der Waals surface area contributed by atoms with Gasteiger partial charge >= 0.3 is 5.97 Å². The maximum absolute atomic E-state index is 15.7. The van der Waals surface area contributed by atoms with Crippen LogP contribution in [-0.4, -0.2) is 77.7 Å². The zero-order valence-corrected chi connectivity index (χ0v) is 26.6. The van der Waals surface area contributed by atoms with E-state index >= 15 is 4.39 Å². The molecule has 6 rings (SSSR count). The van der Waals surface area contributed by atoms with E-state index in [9.17, 15) is 27.9 Å². The van der Waals surface area contributed by atoms with Crippen LogP contribution in [0.1, 0.15) is 60.9 Å². The third-order valence-electron chi connectivity index (χ3n) is 9.15. The molecule has 2 aliphatic heterocycles. The van der Waals surface area contributed by atoms with Gasteiger partial charge in [0.2, 0.25) is 15.8 Å². The molecule has 1 aromatic heterocycles. The largest absolute Gasteiger partial charge is 0.481 e. The van der Waals surface area contributed by atoms with E-state index < -0.39 is 57.8 Å². The summed E-state index contributed by atoms with van der Waals surface area (Å²) in [4.78, 5) is 40.8.